The summed E-state index contributed by atoms with van der Waals surface area (Å²) in [4.78, 5) is 17.2. The van der Waals surface area contributed by atoms with E-state index in [0.717, 1.165) is 0 Å². The van der Waals surface area contributed by atoms with Gasteiger partial charge < -0.3 is 9.64 Å². The number of nitrogens with zero attached hydrogens (tertiary/aromatic N) is 2. The van der Waals surface area contributed by atoms with E-state index >= 15 is 0 Å². The van der Waals surface area contributed by atoms with Gasteiger partial charge in [-0.05, 0) is 0 Å². The number of hydrogen-bond acceptors (Lipinski definition) is 4. The number of alkyl halides is 1. The maximum Gasteiger partial charge on any atom is 0.273 e. The quantitative estimate of drug-likeness (QED) is 0.741. The lowest BCUT2D eigenvalue weighted by Gasteiger charge is -2.18. The predicted octanol–water partition coefficient (Wildman–Crippen LogP) is 1.47. The molecule has 1 rings (SSSR count). The average molecular weight is 249 g/mol. The molecule has 0 aliphatic rings. The van der Waals surface area contributed by atoms with Gasteiger partial charge in [-0.15, -0.1) is 22.9 Å². The molecule has 84 valence electrons. The van der Waals surface area contributed by atoms with Crippen LogP contribution in [0.15, 0.2) is 10.9 Å². The molecule has 0 aliphatic carbocycles. The molecule has 1 heterocycles. The number of hydrogen-bond donors (Lipinski definition) is 0. The Balaban J connectivity index is 2.47. The summed E-state index contributed by atoms with van der Waals surface area (Å²) in [6.07, 6.45) is 0. The van der Waals surface area contributed by atoms with Crippen LogP contribution in [0.25, 0.3) is 0 Å². The van der Waals surface area contributed by atoms with Gasteiger partial charge in [-0.25, -0.2) is 4.98 Å². The number of carbonyl (C=O) groups excluding carboxylic acids is 1. The zero-order valence-electron chi connectivity index (χ0n) is 8.64. The molecular formula is C9H13ClN2O2S. The molecule has 1 amide bonds. The van der Waals surface area contributed by atoms with Crippen molar-refractivity contribution in [1.82, 2.24) is 9.88 Å². The van der Waals surface area contributed by atoms with Crippen molar-refractivity contribution in [2.24, 2.45) is 0 Å². The fourth-order valence-electron chi connectivity index (χ4n) is 1.13. The van der Waals surface area contributed by atoms with Crippen LogP contribution in [-0.4, -0.2) is 48.5 Å². The normalized spacial score (nSPS) is 12.5. The van der Waals surface area contributed by atoms with Crippen molar-refractivity contribution in [3.63, 3.8) is 0 Å². The highest BCUT2D eigenvalue weighted by molar-refractivity contribution is 7.07. The smallest absolute Gasteiger partial charge is 0.273 e. The molecule has 1 aromatic rings. The van der Waals surface area contributed by atoms with Gasteiger partial charge in [-0.3, -0.25) is 4.79 Å². The van der Waals surface area contributed by atoms with Crippen LogP contribution < -0.4 is 0 Å². The Morgan fingerprint density at radius 1 is 1.80 bits per heavy atom. The fraction of sp³-hybridized carbons (Fsp3) is 0.556. The number of methoxy groups -OCH3 is 1. The second-order valence-electron chi connectivity index (χ2n) is 3.11. The first-order valence-corrected chi connectivity index (χ1v) is 5.79. The summed E-state index contributed by atoms with van der Waals surface area (Å²) in [6, 6.07) is 0. The lowest BCUT2D eigenvalue weighted by atomic mass is 10.3. The van der Waals surface area contributed by atoms with E-state index in [-0.39, 0.29) is 11.3 Å². The van der Waals surface area contributed by atoms with Crippen LogP contribution in [0.2, 0.25) is 0 Å². The summed E-state index contributed by atoms with van der Waals surface area (Å²) in [6.45, 7) is 0.877. The molecular weight excluding hydrogens is 236 g/mol. The van der Waals surface area contributed by atoms with Crippen molar-refractivity contribution in [3.8, 4) is 0 Å². The molecule has 0 fully saturated rings. The van der Waals surface area contributed by atoms with Crippen molar-refractivity contribution in [3.05, 3.63) is 16.6 Å². The second kappa shape index (κ2) is 6.05. The Labute approximate surface area is 97.8 Å². The summed E-state index contributed by atoms with van der Waals surface area (Å²) in [5.74, 6) is -0.113. The van der Waals surface area contributed by atoms with Gasteiger partial charge >= 0.3 is 0 Å². The van der Waals surface area contributed by atoms with E-state index in [1.54, 1.807) is 29.9 Å². The highest BCUT2D eigenvalue weighted by atomic mass is 35.5. The standard InChI is InChI=1S/C9H13ClN2O2S/c1-12(3-7(10)4-14-2)9(13)8-5-15-6-11-8/h5-7H,3-4H2,1-2H3. The lowest BCUT2D eigenvalue weighted by molar-refractivity contribution is 0.0776. The lowest BCUT2D eigenvalue weighted by Crippen LogP contribution is -2.34. The first-order chi connectivity index (χ1) is 7.15. The molecule has 0 aromatic carbocycles. The van der Waals surface area contributed by atoms with E-state index in [9.17, 15) is 4.79 Å². The van der Waals surface area contributed by atoms with Crippen molar-refractivity contribution in [2.45, 2.75) is 5.38 Å². The van der Waals surface area contributed by atoms with Gasteiger partial charge in [0.15, 0.2) is 0 Å². The Morgan fingerprint density at radius 3 is 3.07 bits per heavy atom. The summed E-state index contributed by atoms with van der Waals surface area (Å²) in [7, 11) is 3.28. The van der Waals surface area contributed by atoms with Crippen molar-refractivity contribution >= 4 is 28.8 Å². The van der Waals surface area contributed by atoms with Gasteiger partial charge in [0.25, 0.3) is 5.91 Å². The molecule has 4 nitrogen and oxygen atoms in total. The number of ether oxygens (including phenoxy) is 1. The van der Waals surface area contributed by atoms with Crippen LogP contribution in [0.4, 0.5) is 0 Å². The number of thiazole rings is 1. The number of aromatic nitrogens is 1. The molecule has 0 spiro atoms. The maximum atomic E-state index is 11.7. The Bertz CT molecular complexity index is 305. The molecule has 0 aliphatic heterocycles. The summed E-state index contributed by atoms with van der Waals surface area (Å²) < 4.78 is 4.89. The topological polar surface area (TPSA) is 42.4 Å². The van der Waals surface area contributed by atoms with Gasteiger partial charge in [0, 0.05) is 26.1 Å². The van der Waals surface area contributed by atoms with Crippen molar-refractivity contribution in [2.75, 3.05) is 27.3 Å². The zero-order chi connectivity index (χ0) is 11.3. The Morgan fingerprint density at radius 2 is 2.53 bits per heavy atom. The molecule has 6 heteroatoms. The van der Waals surface area contributed by atoms with Crippen LogP contribution in [-0.2, 0) is 4.74 Å². The van der Waals surface area contributed by atoms with Gasteiger partial charge in [-0.2, -0.15) is 0 Å². The zero-order valence-corrected chi connectivity index (χ0v) is 10.2. The van der Waals surface area contributed by atoms with Crippen LogP contribution in [0, 0.1) is 0 Å². The Kier molecular flexibility index (Phi) is 5.01. The van der Waals surface area contributed by atoms with E-state index in [2.05, 4.69) is 4.98 Å². The predicted molar refractivity (Wildman–Crippen MR) is 60.6 cm³/mol. The third kappa shape index (κ3) is 3.77. The minimum atomic E-state index is -0.192. The van der Waals surface area contributed by atoms with E-state index in [1.807, 2.05) is 0 Å². The largest absolute Gasteiger partial charge is 0.383 e. The number of carbonyl (C=O) groups is 1. The average Bonchev–Trinajstić information content (AvgIpc) is 2.69. The van der Waals surface area contributed by atoms with Gasteiger partial charge in [0.05, 0.1) is 17.5 Å². The highest BCUT2D eigenvalue weighted by Gasteiger charge is 2.16. The summed E-state index contributed by atoms with van der Waals surface area (Å²) >= 11 is 7.34. The molecule has 15 heavy (non-hydrogen) atoms. The second-order valence-corrected chi connectivity index (χ2v) is 4.45. The SMILES string of the molecule is COCC(Cl)CN(C)C(=O)c1cscn1. The van der Waals surface area contributed by atoms with Crippen LogP contribution in [0.5, 0.6) is 0 Å². The molecule has 1 unspecified atom stereocenters. The fourth-order valence-corrected chi connectivity index (χ4v) is 1.99. The number of amides is 1. The number of rotatable bonds is 5. The molecule has 0 saturated carbocycles. The third-order valence-electron chi connectivity index (χ3n) is 1.82. The van der Waals surface area contributed by atoms with Crippen LogP contribution in [0.3, 0.4) is 0 Å². The van der Waals surface area contributed by atoms with E-state index in [4.69, 9.17) is 16.3 Å². The van der Waals surface area contributed by atoms with E-state index in [0.29, 0.717) is 18.8 Å². The summed E-state index contributed by atoms with van der Waals surface area (Å²) in [5, 5.41) is 1.53. The van der Waals surface area contributed by atoms with E-state index < -0.39 is 0 Å². The maximum absolute atomic E-state index is 11.7. The van der Waals surface area contributed by atoms with E-state index in [1.165, 1.54) is 11.3 Å². The molecule has 0 N–H and O–H groups in total. The monoisotopic (exact) mass is 248 g/mol. The third-order valence-corrected chi connectivity index (χ3v) is 2.67. The van der Waals surface area contributed by atoms with Crippen molar-refractivity contribution < 1.29 is 9.53 Å². The van der Waals surface area contributed by atoms with Crippen LogP contribution in [0.1, 0.15) is 10.5 Å². The minimum absolute atomic E-state index is 0.113. The molecule has 0 bridgehead atoms. The van der Waals surface area contributed by atoms with Gasteiger partial charge in [0.1, 0.15) is 5.69 Å². The minimum Gasteiger partial charge on any atom is -0.383 e. The highest BCUT2D eigenvalue weighted by Crippen LogP contribution is 2.06. The van der Waals surface area contributed by atoms with Gasteiger partial charge in [0.2, 0.25) is 0 Å². The number of halogens is 1. The van der Waals surface area contributed by atoms with Crippen molar-refractivity contribution in [1.29, 1.82) is 0 Å². The first-order valence-electron chi connectivity index (χ1n) is 4.41. The van der Waals surface area contributed by atoms with Crippen LogP contribution >= 0.6 is 22.9 Å². The molecule has 1 atom stereocenters. The van der Waals surface area contributed by atoms with Gasteiger partial charge in [-0.1, -0.05) is 0 Å². The molecule has 0 radical (unpaired) electrons. The first kappa shape index (κ1) is 12.4. The molecule has 1 aromatic heterocycles. The molecule has 0 saturated heterocycles. The summed E-state index contributed by atoms with van der Waals surface area (Å²) in [5.41, 5.74) is 2.10. The Hall–Kier alpha value is -0.650.